The van der Waals surface area contributed by atoms with Crippen molar-refractivity contribution in [3.8, 4) is 0 Å². The molecule has 2 aromatic heterocycles. The molecule has 0 N–H and O–H groups in total. The van der Waals surface area contributed by atoms with E-state index in [1.165, 1.54) is 6.33 Å². The first-order valence-electron chi connectivity index (χ1n) is 8.61. The number of hydrogen-bond donors (Lipinski definition) is 0. The molecule has 2 aromatic rings. The number of piperidine rings is 1. The van der Waals surface area contributed by atoms with Gasteiger partial charge in [0.25, 0.3) is 11.8 Å². The van der Waals surface area contributed by atoms with E-state index in [0.717, 1.165) is 5.76 Å². The highest BCUT2D eigenvalue weighted by atomic mass is 16.5. The maximum atomic E-state index is 12.5. The molecule has 0 unspecified atom stereocenters. The van der Waals surface area contributed by atoms with Crippen molar-refractivity contribution < 1.29 is 18.7 Å². The lowest BCUT2D eigenvalue weighted by molar-refractivity contribution is -0.143. The topological polar surface area (TPSA) is 88.8 Å². The summed E-state index contributed by atoms with van der Waals surface area (Å²) in [6.07, 6.45) is 6.01. The Morgan fingerprint density at radius 3 is 2.58 bits per heavy atom. The Kier molecular flexibility index (Phi) is 4.20. The van der Waals surface area contributed by atoms with Gasteiger partial charge in [0.15, 0.2) is 5.76 Å². The first-order valence-corrected chi connectivity index (χ1v) is 8.61. The molecule has 2 aliphatic rings. The Hall–Kier alpha value is -2.74. The van der Waals surface area contributed by atoms with Crippen LogP contribution in [0.25, 0.3) is 0 Å². The van der Waals surface area contributed by atoms with Gasteiger partial charge >= 0.3 is 0 Å². The molecular formula is C18H20N4O4. The van der Waals surface area contributed by atoms with E-state index in [-0.39, 0.29) is 18.4 Å². The quantitative estimate of drug-likeness (QED) is 0.808. The second-order valence-corrected chi connectivity index (χ2v) is 6.75. The Morgan fingerprint density at radius 2 is 1.92 bits per heavy atom. The highest BCUT2D eigenvalue weighted by Crippen LogP contribution is 2.32. The predicted molar refractivity (Wildman–Crippen MR) is 91.7 cm³/mol. The molecule has 0 atom stereocenters. The minimum atomic E-state index is -0.445. The molecule has 26 heavy (non-hydrogen) atoms. The number of anilines is 1. The van der Waals surface area contributed by atoms with E-state index in [0.29, 0.717) is 43.9 Å². The van der Waals surface area contributed by atoms with Gasteiger partial charge < -0.3 is 19.0 Å². The van der Waals surface area contributed by atoms with Crippen LogP contribution in [-0.4, -0.2) is 58.5 Å². The fourth-order valence-corrected chi connectivity index (χ4v) is 3.51. The number of morpholine rings is 1. The summed E-state index contributed by atoms with van der Waals surface area (Å²) in [7, 11) is 0. The molecule has 4 heterocycles. The van der Waals surface area contributed by atoms with Crippen molar-refractivity contribution in [3.05, 3.63) is 42.4 Å². The molecule has 0 bridgehead atoms. The van der Waals surface area contributed by atoms with Crippen molar-refractivity contribution in [2.75, 3.05) is 31.1 Å². The lowest BCUT2D eigenvalue weighted by Gasteiger charge is -2.46. The number of hydrogen-bond acceptors (Lipinski definition) is 6. The number of carbonyl (C=O) groups is 2. The number of ether oxygens (including phenoxy) is 1. The largest absolute Gasteiger partial charge is 0.456 e. The first-order chi connectivity index (χ1) is 12.6. The number of carbonyl (C=O) groups excluding carboxylic acids is 2. The molecular weight excluding hydrogens is 336 g/mol. The maximum absolute atomic E-state index is 12.5. The van der Waals surface area contributed by atoms with Gasteiger partial charge in [0.05, 0.1) is 30.2 Å². The van der Waals surface area contributed by atoms with E-state index in [1.807, 2.05) is 6.92 Å². The standard InChI is InChI=1S/C18H20N4O4/c1-13-2-3-15(26-13)17(24)21-6-4-18(5-7-21)11-22(16(23)10-25-18)14-8-19-12-20-9-14/h2-3,8-9,12H,4-7,10-11H2,1H3. The van der Waals surface area contributed by atoms with Crippen molar-refractivity contribution in [1.29, 1.82) is 0 Å². The highest BCUT2D eigenvalue weighted by Gasteiger charge is 2.43. The van der Waals surface area contributed by atoms with Crippen LogP contribution in [-0.2, 0) is 9.53 Å². The van der Waals surface area contributed by atoms with E-state index in [1.54, 1.807) is 34.3 Å². The first kappa shape index (κ1) is 16.7. The van der Waals surface area contributed by atoms with E-state index in [2.05, 4.69) is 9.97 Å². The Morgan fingerprint density at radius 1 is 1.19 bits per heavy atom. The third kappa shape index (κ3) is 3.08. The smallest absolute Gasteiger partial charge is 0.289 e. The molecule has 2 fully saturated rings. The van der Waals surface area contributed by atoms with Crippen LogP contribution in [0.3, 0.4) is 0 Å². The second kappa shape index (κ2) is 6.53. The summed E-state index contributed by atoms with van der Waals surface area (Å²) in [4.78, 5) is 36.2. The average Bonchev–Trinajstić information content (AvgIpc) is 3.11. The van der Waals surface area contributed by atoms with Crippen LogP contribution in [0.15, 0.2) is 35.3 Å². The third-order valence-corrected chi connectivity index (χ3v) is 5.02. The molecule has 2 saturated heterocycles. The van der Waals surface area contributed by atoms with E-state index in [4.69, 9.17) is 9.15 Å². The molecule has 0 aromatic carbocycles. The summed E-state index contributed by atoms with van der Waals surface area (Å²) in [6.45, 7) is 3.41. The van der Waals surface area contributed by atoms with Gasteiger partial charge in [-0.15, -0.1) is 0 Å². The van der Waals surface area contributed by atoms with Crippen LogP contribution >= 0.6 is 0 Å². The van der Waals surface area contributed by atoms with E-state index in [9.17, 15) is 9.59 Å². The average molecular weight is 356 g/mol. The van der Waals surface area contributed by atoms with Crippen molar-refractivity contribution in [3.63, 3.8) is 0 Å². The summed E-state index contributed by atoms with van der Waals surface area (Å²) >= 11 is 0. The number of furan rings is 1. The minimum absolute atomic E-state index is 0.0280. The van der Waals surface area contributed by atoms with Crippen LogP contribution in [0.5, 0.6) is 0 Å². The molecule has 1 spiro atoms. The summed E-state index contributed by atoms with van der Waals surface area (Å²) in [5.74, 6) is 0.876. The molecule has 0 radical (unpaired) electrons. The number of nitrogens with zero attached hydrogens (tertiary/aromatic N) is 4. The van der Waals surface area contributed by atoms with Gasteiger partial charge in [0, 0.05) is 13.1 Å². The van der Waals surface area contributed by atoms with Crippen LogP contribution in [0.4, 0.5) is 5.69 Å². The Labute approximate surface area is 150 Å². The maximum Gasteiger partial charge on any atom is 0.289 e. The van der Waals surface area contributed by atoms with Gasteiger partial charge in [-0.2, -0.15) is 0 Å². The molecule has 136 valence electrons. The van der Waals surface area contributed by atoms with Crippen LogP contribution in [0.1, 0.15) is 29.2 Å². The second-order valence-electron chi connectivity index (χ2n) is 6.75. The number of rotatable bonds is 2. The van der Waals surface area contributed by atoms with Crippen LogP contribution in [0, 0.1) is 6.92 Å². The minimum Gasteiger partial charge on any atom is -0.456 e. The van der Waals surface area contributed by atoms with Gasteiger partial charge in [-0.05, 0) is 31.9 Å². The molecule has 0 saturated carbocycles. The zero-order valence-electron chi connectivity index (χ0n) is 14.6. The normalized spacial score (nSPS) is 19.8. The lowest BCUT2D eigenvalue weighted by Crippen LogP contribution is -2.59. The van der Waals surface area contributed by atoms with Gasteiger partial charge in [-0.25, -0.2) is 9.97 Å². The highest BCUT2D eigenvalue weighted by molar-refractivity contribution is 5.95. The summed E-state index contributed by atoms with van der Waals surface area (Å²) in [5.41, 5.74) is 0.226. The summed E-state index contributed by atoms with van der Waals surface area (Å²) in [6, 6.07) is 3.49. The molecule has 8 heteroatoms. The van der Waals surface area contributed by atoms with Crippen molar-refractivity contribution >= 4 is 17.5 Å². The predicted octanol–water partition coefficient (Wildman–Crippen LogP) is 1.42. The number of likely N-dealkylation sites (tertiary alicyclic amines) is 1. The zero-order chi connectivity index (χ0) is 18.1. The number of aryl methyl sites for hydroxylation is 1. The monoisotopic (exact) mass is 356 g/mol. The summed E-state index contributed by atoms with van der Waals surface area (Å²) in [5, 5.41) is 0. The Bertz CT molecular complexity index is 812. The number of amides is 2. The van der Waals surface area contributed by atoms with Crippen LogP contribution < -0.4 is 4.90 Å². The van der Waals surface area contributed by atoms with Gasteiger partial charge in [0.2, 0.25) is 0 Å². The van der Waals surface area contributed by atoms with Crippen LogP contribution in [0.2, 0.25) is 0 Å². The van der Waals surface area contributed by atoms with Gasteiger partial charge in [-0.3, -0.25) is 9.59 Å². The molecule has 8 nitrogen and oxygen atoms in total. The van der Waals surface area contributed by atoms with E-state index < -0.39 is 5.60 Å². The molecule has 4 rings (SSSR count). The van der Waals surface area contributed by atoms with Gasteiger partial charge in [0.1, 0.15) is 18.7 Å². The van der Waals surface area contributed by atoms with Crippen molar-refractivity contribution in [2.45, 2.75) is 25.4 Å². The fraction of sp³-hybridized carbons (Fsp3) is 0.444. The zero-order valence-corrected chi connectivity index (χ0v) is 14.6. The fourth-order valence-electron chi connectivity index (χ4n) is 3.51. The SMILES string of the molecule is Cc1ccc(C(=O)N2CCC3(CC2)CN(c2cncnc2)C(=O)CO3)o1. The van der Waals surface area contributed by atoms with Crippen molar-refractivity contribution in [1.82, 2.24) is 14.9 Å². The number of aromatic nitrogens is 2. The lowest BCUT2D eigenvalue weighted by atomic mass is 9.89. The van der Waals surface area contributed by atoms with Gasteiger partial charge in [-0.1, -0.05) is 0 Å². The summed E-state index contributed by atoms with van der Waals surface area (Å²) < 4.78 is 11.4. The Balaban J connectivity index is 1.44. The molecule has 2 aliphatic heterocycles. The molecule has 2 amide bonds. The molecule has 0 aliphatic carbocycles. The van der Waals surface area contributed by atoms with Crippen molar-refractivity contribution in [2.24, 2.45) is 0 Å². The third-order valence-electron chi connectivity index (χ3n) is 5.02. The van der Waals surface area contributed by atoms with E-state index >= 15 is 0 Å².